The second-order valence-electron chi connectivity index (χ2n) is 4.92. The number of aromatic amines is 1. The van der Waals surface area contributed by atoms with E-state index in [9.17, 15) is 4.79 Å². The van der Waals surface area contributed by atoms with E-state index in [0.29, 0.717) is 10.9 Å². The van der Waals surface area contributed by atoms with Crippen molar-refractivity contribution in [1.29, 1.82) is 0 Å². The summed E-state index contributed by atoms with van der Waals surface area (Å²) in [7, 11) is 0. The Kier molecular flexibility index (Phi) is 4.44. The highest BCUT2D eigenvalue weighted by Crippen LogP contribution is 2.28. The first kappa shape index (κ1) is 15.1. The molecule has 0 bridgehead atoms. The first-order chi connectivity index (χ1) is 10.6. The molecule has 1 amide bonds. The topological polar surface area (TPSA) is 70.7 Å². The summed E-state index contributed by atoms with van der Waals surface area (Å²) in [5, 5.41) is 3.59. The van der Waals surface area contributed by atoms with Crippen LogP contribution in [0, 0.1) is 6.92 Å². The summed E-state index contributed by atoms with van der Waals surface area (Å²) in [6, 6.07) is 7.92. The molecule has 2 N–H and O–H groups in total. The van der Waals surface area contributed by atoms with Crippen LogP contribution in [0.3, 0.4) is 0 Å². The van der Waals surface area contributed by atoms with Crippen LogP contribution >= 0.6 is 23.1 Å². The second kappa shape index (κ2) is 6.50. The van der Waals surface area contributed by atoms with Crippen molar-refractivity contribution in [3.8, 4) is 0 Å². The quantitative estimate of drug-likeness (QED) is 0.746. The minimum Gasteiger partial charge on any atom is -0.341 e. The van der Waals surface area contributed by atoms with Crippen molar-refractivity contribution < 1.29 is 4.79 Å². The number of carbonyl (C=O) groups is 1. The van der Waals surface area contributed by atoms with Gasteiger partial charge in [0, 0.05) is 11.1 Å². The van der Waals surface area contributed by atoms with Crippen molar-refractivity contribution in [2.45, 2.75) is 19.1 Å². The molecule has 0 radical (unpaired) electrons. The number of aromatic nitrogens is 3. The maximum absolute atomic E-state index is 11.9. The zero-order valence-corrected chi connectivity index (χ0v) is 13.9. The lowest BCUT2D eigenvalue weighted by Crippen LogP contribution is -2.14. The second-order valence-corrected chi connectivity index (χ2v) is 7.48. The lowest BCUT2D eigenvalue weighted by Gasteiger charge is -2.07. The Morgan fingerprint density at radius 2 is 2.27 bits per heavy atom. The van der Waals surface area contributed by atoms with E-state index in [4.69, 9.17) is 0 Å². The van der Waals surface area contributed by atoms with Gasteiger partial charge in [-0.2, -0.15) is 0 Å². The number of thioether (sulfide) groups is 1. The van der Waals surface area contributed by atoms with Gasteiger partial charge >= 0.3 is 0 Å². The third kappa shape index (κ3) is 3.48. The largest absolute Gasteiger partial charge is 0.341 e. The maximum atomic E-state index is 11.9. The average molecular weight is 332 g/mol. The number of nitrogens with zero attached hydrogens (tertiary/aromatic N) is 2. The lowest BCUT2D eigenvalue weighted by molar-refractivity contribution is -0.113. The molecule has 2 aromatic heterocycles. The SMILES string of the molecule is Cc1cnc(NC(=O)CS[C@@H](C)c2nc3ccccc3[nH]2)s1. The van der Waals surface area contributed by atoms with Gasteiger partial charge in [0.2, 0.25) is 5.91 Å². The molecule has 1 atom stereocenters. The molecule has 1 aromatic carbocycles. The Balaban J connectivity index is 1.57. The number of para-hydroxylation sites is 2. The van der Waals surface area contributed by atoms with Crippen LogP contribution in [0.2, 0.25) is 0 Å². The number of fused-ring (bicyclic) bond motifs is 1. The van der Waals surface area contributed by atoms with Gasteiger partial charge in [0.25, 0.3) is 0 Å². The number of thiazole rings is 1. The fraction of sp³-hybridized carbons (Fsp3) is 0.267. The van der Waals surface area contributed by atoms with E-state index in [0.717, 1.165) is 21.7 Å². The lowest BCUT2D eigenvalue weighted by atomic mass is 10.3. The van der Waals surface area contributed by atoms with Crippen LogP contribution in [-0.2, 0) is 4.79 Å². The van der Waals surface area contributed by atoms with E-state index in [1.807, 2.05) is 38.1 Å². The predicted octanol–water partition coefficient (Wildman–Crippen LogP) is 3.76. The van der Waals surface area contributed by atoms with Gasteiger partial charge < -0.3 is 10.3 Å². The molecule has 7 heteroatoms. The first-order valence-electron chi connectivity index (χ1n) is 6.90. The molecule has 3 aromatic rings. The summed E-state index contributed by atoms with van der Waals surface area (Å²) >= 11 is 3.03. The molecule has 0 fully saturated rings. The summed E-state index contributed by atoms with van der Waals surface area (Å²) in [5.74, 6) is 1.23. The molecule has 0 spiro atoms. The molecule has 5 nitrogen and oxygen atoms in total. The summed E-state index contributed by atoms with van der Waals surface area (Å²) in [6.45, 7) is 4.01. The fourth-order valence-corrected chi connectivity index (χ4v) is 3.44. The number of anilines is 1. The summed E-state index contributed by atoms with van der Waals surface area (Å²) in [5.41, 5.74) is 1.97. The van der Waals surface area contributed by atoms with Gasteiger partial charge in [-0.15, -0.1) is 23.1 Å². The smallest absolute Gasteiger partial charge is 0.236 e. The normalized spacial score (nSPS) is 12.5. The molecular formula is C15H16N4OS2. The van der Waals surface area contributed by atoms with Crippen molar-refractivity contribution >= 4 is 45.2 Å². The number of carbonyl (C=O) groups excluding carboxylic acids is 1. The highest BCUT2D eigenvalue weighted by atomic mass is 32.2. The third-order valence-corrected chi connectivity index (χ3v) is 5.11. The van der Waals surface area contributed by atoms with Gasteiger partial charge in [-0.25, -0.2) is 9.97 Å². The number of H-pyrrole nitrogens is 1. The highest BCUT2D eigenvalue weighted by molar-refractivity contribution is 8.00. The Labute approximate surface area is 136 Å². The highest BCUT2D eigenvalue weighted by Gasteiger charge is 2.14. The number of amides is 1. The molecule has 22 heavy (non-hydrogen) atoms. The monoisotopic (exact) mass is 332 g/mol. The van der Waals surface area contributed by atoms with Crippen LogP contribution in [0.1, 0.15) is 22.9 Å². The number of imidazole rings is 1. The number of hydrogen-bond acceptors (Lipinski definition) is 5. The molecule has 0 saturated heterocycles. The Hall–Kier alpha value is -1.86. The standard InChI is InChI=1S/C15H16N4OS2/c1-9-7-16-15(22-9)19-13(20)8-21-10(2)14-17-11-5-3-4-6-12(11)18-14/h3-7,10H,8H2,1-2H3,(H,17,18)(H,16,19,20)/t10-/m0/s1. The Bertz CT molecular complexity index is 763. The molecule has 0 unspecified atom stereocenters. The van der Waals surface area contributed by atoms with Gasteiger partial charge in [0.05, 0.1) is 22.0 Å². The van der Waals surface area contributed by atoms with Crippen molar-refractivity contribution in [2.75, 3.05) is 11.1 Å². The zero-order valence-electron chi connectivity index (χ0n) is 12.3. The Morgan fingerprint density at radius 1 is 1.45 bits per heavy atom. The van der Waals surface area contributed by atoms with Crippen LogP contribution in [0.25, 0.3) is 11.0 Å². The summed E-state index contributed by atoms with van der Waals surface area (Å²) < 4.78 is 0. The summed E-state index contributed by atoms with van der Waals surface area (Å²) in [4.78, 5) is 25.0. The van der Waals surface area contributed by atoms with E-state index in [1.54, 1.807) is 18.0 Å². The van der Waals surface area contributed by atoms with Crippen LogP contribution in [0.15, 0.2) is 30.5 Å². The van der Waals surface area contributed by atoms with E-state index < -0.39 is 0 Å². The van der Waals surface area contributed by atoms with Crippen LogP contribution in [0.4, 0.5) is 5.13 Å². The molecule has 114 valence electrons. The van der Waals surface area contributed by atoms with E-state index in [1.165, 1.54) is 11.3 Å². The van der Waals surface area contributed by atoms with Crippen LogP contribution in [0.5, 0.6) is 0 Å². The number of nitrogens with one attached hydrogen (secondary N) is 2. The van der Waals surface area contributed by atoms with Gasteiger partial charge in [-0.1, -0.05) is 12.1 Å². The van der Waals surface area contributed by atoms with E-state index in [-0.39, 0.29) is 11.2 Å². The van der Waals surface area contributed by atoms with Crippen molar-refractivity contribution in [3.05, 3.63) is 41.2 Å². The molecule has 2 heterocycles. The fourth-order valence-electron chi connectivity index (χ4n) is 2.01. The number of rotatable bonds is 5. The molecular weight excluding hydrogens is 316 g/mol. The van der Waals surface area contributed by atoms with Gasteiger partial charge in [-0.3, -0.25) is 4.79 Å². The molecule has 0 aliphatic rings. The Morgan fingerprint density at radius 3 is 3.00 bits per heavy atom. The molecule has 0 aliphatic heterocycles. The van der Waals surface area contributed by atoms with Gasteiger partial charge in [0.15, 0.2) is 5.13 Å². The number of hydrogen-bond donors (Lipinski definition) is 2. The van der Waals surface area contributed by atoms with E-state index in [2.05, 4.69) is 20.3 Å². The van der Waals surface area contributed by atoms with Gasteiger partial charge in [-0.05, 0) is 26.0 Å². The van der Waals surface area contributed by atoms with Crippen molar-refractivity contribution in [1.82, 2.24) is 15.0 Å². The maximum Gasteiger partial charge on any atom is 0.236 e. The van der Waals surface area contributed by atoms with Crippen molar-refractivity contribution in [2.24, 2.45) is 0 Å². The summed E-state index contributed by atoms with van der Waals surface area (Å²) in [6.07, 6.45) is 1.75. The number of aryl methyl sites for hydroxylation is 1. The minimum atomic E-state index is -0.0395. The minimum absolute atomic E-state index is 0.0395. The van der Waals surface area contributed by atoms with Crippen LogP contribution in [-0.4, -0.2) is 26.6 Å². The molecule has 0 aliphatic carbocycles. The van der Waals surface area contributed by atoms with Crippen molar-refractivity contribution in [3.63, 3.8) is 0 Å². The van der Waals surface area contributed by atoms with Gasteiger partial charge in [0.1, 0.15) is 5.82 Å². The molecule has 3 rings (SSSR count). The predicted molar refractivity (Wildman–Crippen MR) is 92.4 cm³/mol. The van der Waals surface area contributed by atoms with Crippen LogP contribution < -0.4 is 5.32 Å². The first-order valence-corrected chi connectivity index (χ1v) is 8.77. The van der Waals surface area contributed by atoms with E-state index >= 15 is 0 Å². The number of benzene rings is 1. The third-order valence-electron chi connectivity index (χ3n) is 3.12. The molecule has 0 saturated carbocycles. The zero-order chi connectivity index (χ0) is 15.5. The average Bonchev–Trinajstić information content (AvgIpc) is 3.10.